The van der Waals surface area contributed by atoms with Crippen LogP contribution in [0.4, 0.5) is 20.2 Å². The number of hydrogen-bond donors (Lipinski definition) is 3. The largest absolute Gasteiger partial charge is 0.477 e. The number of aryl methyl sites for hydroxylation is 1. The third kappa shape index (κ3) is 2.64. The first-order chi connectivity index (χ1) is 13.3. The topological polar surface area (TPSA) is 115 Å². The van der Waals surface area contributed by atoms with Crippen LogP contribution in [0.2, 0.25) is 0 Å². The third-order valence-electron chi connectivity index (χ3n) is 5.86. The van der Waals surface area contributed by atoms with Gasteiger partial charge in [0.1, 0.15) is 11.7 Å². The summed E-state index contributed by atoms with van der Waals surface area (Å²) < 4.78 is 30.5. The summed E-state index contributed by atoms with van der Waals surface area (Å²) in [6.07, 6.45) is 1.03. The number of pyridine rings is 1. The highest BCUT2D eigenvalue weighted by atomic mass is 19.1. The van der Waals surface area contributed by atoms with Crippen molar-refractivity contribution in [3.05, 3.63) is 33.4 Å². The highest BCUT2D eigenvalue weighted by molar-refractivity contribution is 6.01. The number of nitrogens with zero attached hydrogens (tertiary/aromatic N) is 2. The van der Waals surface area contributed by atoms with Crippen LogP contribution in [0.5, 0.6) is 0 Å². The molecule has 5 N–H and O–H groups in total. The van der Waals surface area contributed by atoms with E-state index >= 15 is 4.39 Å². The van der Waals surface area contributed by atoms with Crippen molar-refractivity contribution >= 4 is 28.2 Å². The first-order valence-electron chi connectivity index (χ1n) is 9.25. The van der Waals surface area contributed by atoms with E-state index in [1.807, 2.05) is 4.90 Å². The van der Waals surface area contributed by atoms with Crippen LogP contribution in [-0.2, 0) is 0 Å². The molecule has 0 amide bonds. The Labute approximate surface area is 159 Å². The Morgan fingerprint density at radius 3 is 2.64 bits per heavy atom. The zero-order chi connectivity index (χ0) is 20.3. The molecule has 3 atom stereocenters. The molecule has 2 fully saturated rings. The number of aromatic carboxylic acids is 1. The summed E-state index contributed by atoms with van der Waals surface area (Å²) in [7, 11) is 0. The summed E-state index contributed by atoms with van der Waals surface area (Å²) in [5.41, 5.74) is 10.9. The number of alkyl halides is 1. The summed E-state index contributed by atoms with van der Waals surface area (Å²) in [6.45, 7) is 3.30. The minimum absolute atomic E-state index is 0.202. The van der Waals surface area contributed by atoms with Crippen molar-refractivity contribution in [1.29, 1.82) is 0 Å². The van der Waals surface area contributed by atoms with Crippen molar-refractivity contribution in [2.24, 2.45) is 11.7 Å². The second-order valence-corrected chi connectivity index (χ2v) is 7.66. The number of rotatable bonds is 4. The molecule has 9 heteroatoms. The van der Waals surface area contributed by atoms with E-state index < -0.39 is 40.7 Å². The number of anilines is 2. The molecule has 28 heavy (non-hydrogen) atoms. The molecule has 150 valence electrons. The Kier molecular flexibility index (Phi) is 4.29. The Bertz CT molecular complexity index is 1050. The number of nitrogen functional groups attached to an aromatic ring is 1. The number of aromatic nitrogens is 1. The van der Waals surface area contributed by atoms with Crippen LogP contribution < -0.4 is 21.8 Å². The standard InChI is InChI=1S/C19H22F2N4O3/c1-8-16-13(15(23)14(21)17(8)24-3-2-9(5-22)6-24)18(26)10(19(27)28)7-25(16)12-4-11(12)20/h7,9,11-12H,2-6,22-23H2,1H3,(H,27,28)/t9-,11-,12+/m0/s1. The van der Waals surface area contributed by atoms with E-state index in [4.69, 9.17) is 11.5 Å². The van der Waals surface area contributed by atoms with E-state index in [0.29, 0.717) is 30.7 Å². The number of benzene rings is 1. The Morgan fingerprint density at radius 2 is 2.11 bits per heavy atom. The highest BCUT2D eigenvalue weighted by Crippen LogP contribution is 2.44. The predicted octanol–water partition coefficient (Wildman–Crippen LogP) is 1.80. The number of hydrogen-bond acceptors (Lipinski definition) is 5. The molecule has 1 aromatic carbocycles. The molecule has 0 unspecified atom stereocenters. The van der Waals surface area contributed by atoms with Gasteiger partial charge in [0.2, 0.25) is 5.43 Å². The molecule has 7 nitrogen and oxygen atoms in total. The number of nitrogens with two attached hydrogens (primary N) is 2. The molecule has 0 radical (unpaired) electrons. The zero-order valence-corrected chi connectivity index (χ0v) is 15.4. The van der Waals surface area contributed by atoms with Crippen LogP contribution in [0, 0.1) is 18.7 Å². The Morgan fingerprint density at radius 1 is 1.43 bits per heavy atom. The molecular formula is C19H22F2N4O3. The van der Waals surface area contributed by atoms with E-state index in [1.165, 1.54) is 4.57 Å². The maximum atomic E-state index is 15.2. The monoisotopic (exact) mass is 392 g/mol. The highest BCUT2D eigenvalue weighted by Gasteiger charge is 2.41. The molecular weight excluding hydrogens is 370 g/mol. The van der Waals surface area contributed by atoms with Gasteiger partial charge in [0, 0.05) is 25.7 Å². The summed E-state index contributed by atoms with van der Waals surface area (Å²) in [4.78, 5) is 26.1. The van der Waals surface area contributed by atoms with Crippen LogP contribution in [0.1, 0.15) is 34.8 Å². The molecule has 2 heterocycles. The van der Waals surface area contributed by atoms with Gasteiger partial charge in [0.25, 0.3) is 0 Å². The van der Waals surface area contributed by atoms with Gasteiger partial charge in [0.05, 0.1) is 28.3 Å². The van der Waals surface area contributed by atoms with E-state index in [0.717, 1.165) is 12.6 Å². The number of carboxylic acids is 1. The average Bonchev–Trinajstić information content (AvgIpc) is 3.18. The molecule has 2 aliphatic rings. The van der Waals surface area contributed by atoms with Crippen molar-refractivity contribution in [2.45, 2.75) is 32.0 Å². The van der Waals surface area contributed by atoms with Gasteiger partial charge in [0.15, 0.2) is 5.82 Å². The van der Waals surface area contributed by atoms with Gasteiger partial charge in [-0.2, -0.15) is 0 Å². The van der Waals surface area contributed by atoms with Crippen LogP contribution >= 0.6 is 0 Å². The molecule has 1 saturated heterocycles. The Hall–Kier alpha value is -2.68. The summed E-state index contributed by atoms with van der Waals surface area (Å²) in [6, 6.07) is -0.590. The van der Waals surface area contributed by atoms with Crippen LogP contribution in [-0.4, -0.2) is 41.4 Å². The normalized spacial score (nSPS) is 24.1. The number of fused-ring (bicyclic) bond motifs is 1. The lowest BCUT2D eigenvalue weighted by Crippen LogP contribution is -2.27. The minimum Gasteiger partial charge on any atom is -0.477 e. The maximum Gasteiger partial charge on any atom is 0.341 e. The molecule has 2 aromatic rings. The van der Waals surface area contributed by atoms with Gasteiger partial charge in [-0.05, 0) is 31.4 Å². The second kappa shape index (κ2) is 6.44. The molecule has 0 spiro atoms. The van der Waals surface area contributed by atoms with Crippen molar-refractivity contribution in [3.63, 3.8) is 0 Å². The van der Waals surface area contributed by atoms with Gasteiger partial charge >= 0.3 is 5.97 Å². The molecule has 0 bridgehead atoms. The van der Waals surface area contributed by atoms with E-state index in [-0.39, 0.29) is 23.4 Å². The number of carboxylic acid groups (broad SMARTS) is 1. The van der Waals surface area contributed by atoms with Crippen molar-refractivity contribution in [2.75, 3.05) is 30.3 Å². The average molecular weight is 392 g/mol. The number of halogens is 2. The molecule has 1 aromatic heterocycles. The van der Waals surface area contributed by atoms with Crippen LogP contribution in [0.25, 0.3) is 10.9 Å². The lowest BCUT2D eigenvalue weighted by atomic mass is 10.0. The smallest absolute Gasteiger partial charge is 0.341 e. The SMILES string of the molecule is Cc1c(N2CC[C@@H](CN)C2)c(F)c(N)c2c(=O)c(C(=O)O)cn([C@@H]3C[C@@H]3F)c12. The van der Waals surface area contributed by atoms with Crippen molar-refractivity contribution in [1.82, 2.24) is 4.57 Å². The fraction of sp³-hybridized carbons (Fsp3) is 0.474. The van der Waals surface area contributed by atoms with Crippen LogP contribution in [0.3, 0.4) is 0 Å². The van der Waals surface area contributed by atoms with E-state index in [9.17, 15) is 19.1 Å². The van der Waals surface area contributed by atoms with E-state index in [1.54, 1.807) is 6.92 Å². The fourth-order valence-electron chi connectivity index (χ4n) is 4.24. The van der Waals surface area contributed by atoms with Gasteiger partial charge in [-0.1, -0.05) is 0 Å². The van der Waals surface area contributed by atoms with Gasteiger partial charge in [-0.25, -0.2) is 13.6 Å². The predicted molar refractivity (Wildman–Crippen MR) is 102 cm³/mol. The first kappa shape index (κ1) is 18.7. The quantitative estimate of drug-likeness (QED) is 0.684. The summed E-state index contributed by atoms with van der Waals surface area (Å²) in [5.74, 6) is -1.98. The van der Waals surface area contributed by atoms with Gasteiger partial charge in [-0.15, -0.1) is 0 Å². The zero-order valence-electron chi connectivity index (χ0n) is 15.4. The van der Waals surface area contributed by atoms with Crippen molar-refractivity contribution in [3.8, 4) is 0 Å². The molecule has 4 rings (SSSR count). The third-order valence-corrected chi connectivity index (χ3v) is 5.86. The minimum atomic E-state index is -1.46. The van der Waals surface area contributed by atoms with Crippen LogP contribution in [0.15, 0.2) is 11.0 Å². The molecule has 1 aliphatic heterocycles. The molecule has 1 saturated carbocycles. The first-order valence-corrected chi connectivity index (χ1v) is 9.25. The fourth-order valence-corrected chi connectivity index (χ4v) is 4.24. The molecule has 1 aliphatic carbocycles. The summed E-state index contributed by atoms with van der Waals surface area (Å²) >= 11 is 0. The summed E-state index contributed by atoms with van der Waals surface area (Å²) in [5, 5.41) is 9.17. The number of carbonyl (C=O) groups is 1. The second-order valence-electron chi connectivity index (χ2n) is 7.66. The lowest BCUT2D eigenvalue weighted by molar-refractivity contribution is 0.0694. The maximum absolute atomic E-state index is 15.2. The Balaban J connectivity index is 2.04. The van der Waals surface area contributed by atoms with Gasteiger partial charge in [-0.3, -0.25) is 4.79 Å². The van der Waals surface area contributed by atoms with Gasteiger partial charge < -0.3 is 26.0 Å². The lowest BCUT2D eigenvalue weighted by Gasteiger charge is -2.25. The van der Waals surface area contributed by atoms with Crippen molar-refractivity contribution < 1.29 is 18.7 Å². The van der Waals surface area contributed by atoms with E-state index in [2.05, 4.69) is 0 Å².